The van der Waals surface area contributed by atoms with Gasteiger partial charge < -0.3 is 10.1 Å². The summed E-state index contributed by atoms with van der Waals surface area (Å²) < 4.78 is -0.855. The van der Waals surface area contributed by atoms with Gasteiger partial charge in [-0.05, 0) is 38.1 Å². The van der Waals surface area contributed by atoms with Crippen molar-refractivity contribution in [2.24, 2.45) is 0 Å². The van der Waals surface area contributed by atoms with E-state index in [9.17, 15) is 9.90 Å². The Balaban J connectivity index is 1.93. The number of hydrogen-bond acceptors (Lipinski definition) is 4. The first-order valence-corrected chi connectivity index (χ1v) is 9.71. The van der Waals surface area contributed by atoms with Gasteiger partial charge in [-0.3, -0.25) is 4.79 Å². The van der Waals surface area contributed by atoms with E-state index in [4.69, 9.17) is 0 Å². The highest BCUT2D eigenvalue weighted by atomic mass is 32.2. The van der Waals surface area contributed by atoms with Crippen LogP contribution in [0.25, 0.3) is 21.5 Å². The number of H-pyrrole nitrogens is 1. The van der Waals surface area contributed by atoms with Crippen molar-refractivity contribution in [2.45, 2.75) is 49.7 Å². The fourth-order valence-electron chi connectivity index (χ4n) is 2.39. The number of nitrogens with zero attached hydrogens (tertiary/aromatic N) is 1. The molecule has 0 saturated carbocycles. The van der Waals surface area contributed by atoms with Gasteiger partial charge in [-0.2, -0.15) is 0 Å². The molecule has 0 spiro atoms. The number of aromatic nitrogens is 2. The third kappa shape index (κ3) is 3.75. The predicted octanol–water partition coefficient (Wildman–Crippen LogP) is 5.54. The van der Waals surface area contributed by atoms with Crippen LogP contribution in [0, 0.1) is 0 Å². The van der Waals surface area contributed by atoms with Crippen molar-refractivity contribution < 1.29 is 9.90 Å². The van der Waals surface area contributed by atoms with Gasteiger partial charge in [0.25, 0.3) is 0 Å². The van der Waals surface area contributed by atoms with E-state index in [1.165, 1.54) is 11.8 Å². The number of carbonyl (C=O) groups is 1. The highest BCUT2D eigenvalue weighted by molar-refractivity contribution is 8.01. The molecule has 1 aromatic carbocycles. The molecule has 0 aliphatic rings. The Morgan fingerprint density at radius 1 is 1.20 bits per heavy atom. The third-order valence-corrected chi connectivity index (χ3v) is 6.52. The topological polar surface area (TPSA) is 66.0 Å². The van der Waals surface area contributed by atoms with Gasteiger partial charge in [0.1, 0.15) is 4.75 Å². The van der Waals surface area contributed by atoms with Crippen molar-refractivity contribution in [3.05, 3.63) is 35.5 Å². The van der Waals surface area contributed by atoms with Crippen LogP contribution in [0.15, 0.2) is 35.4 Å². The second kappa shape index (κ2) is 6.18. The van der Waals surface area contributed by atoms with E-state index in [1.54, 1.807) is 25.2 Å². The van der Waals surface area contributed by atoms with E-state index >= 15 is 0 Å². The molecule has 0 amide bonds. The molecule has 0 fully saturated rings. The predicted molar refractivity (Wildman–Crippen MR) is 106 cm³/mol. The van der Waals surface area contributed by atoms with E-state index in [0.29, 0.717) is 0 Å². The summed E-state index contributed by atoms with van der Waals surface area (Å²) in [5.41, 5.74) is 2.13. The molecule has 132 valence electrons. The van der Waals surface area contributed by atoms with Gasteiger partial charge in [-0.25, -0.2) is 4.98 Å². The van der Waals surface area contributed by atoms with Crippen molar-refractivity contribution >= 4 is 40.0 Å². The summed E-state index contributed by atoms with van der Waals surface area (Å²) >= 11 is 3.06. The Hall–Kier alpha value is -1.79. The molecule has 3 rings (SSSR count). The summed E-state index contributed by atoms with van der Waals surface area (Å²) in [7, 11) is 0. The largest absolute Gasteiger partial charge is 0.480 e. The van der Waals surface area contributed by atoms with Crippen molar-refractivity contribution in [3.8, 4) is 10.6 Å². The normalized spacial score (nSPS) is 12.7. The average molecular weight is 375 g/mol. The van der Waals surface area contributed by atoms with E-state index in [2.05, 4.69) is 36.8 Å². The lowest BCUT2D eigenvalue weighted by Gasteiger charge is -2.18. The number of rotatable bonds is 4. The van der Waals surface area contributed by atoms with E-state index in [-0.39, 0.29) is 5.41 Å². The van der Waals surface area contributed by atoms with Crippen molar-refractivity contribution in [1.82, 2.24) is 9.97 Å². The maximum absolute atomic E-state index is 11.3. The maximum Gasteiger partial charge on any atom is 0.319 e. The van der Waals surface area contributed by atoms with Crippen LogP contribution in [-0.2, 0) is 10.2 Å². The molecule has 3 aromatic rings. The number of aromatic amines is 1. The Morgan fingerprint density at radius 2 is 1.92 bits per heavy atom. The quantitative estimate of drug-likeness (QED) is 0.588. The molecular formula is C19H22N2O2S2. The van der Waals surface area contributed by atoms with Crippen LogP contribution in [0.5, 0.6) is 0 Å². The molecule has 25 heavy (non-hydrogen) atoms. The first-order chi connectivity index (χ1) is 11.6. The number of carboxylic acids is 1. The number of fused-ring (bicyclic) bond motifs is 1. The van der Waals surface area contributed by atoms with E-state index in [0.717, 1.165) is 31.4 Å². The summed E-state index contributed by atoms with van der Waals surface area (Å²) in [4.78, 5) is 21.4. The number of nitrogens with one attached hydrogen (secondary N) is 1. The Bertz CT molecular complexity index is 932. The second-order valence-corrected chi connectivity index (χ2v) is 10.4. The third-order valence-electron chi connectivity index (χ3n) is 3.89. The molecule has 0 aliphatic carbocycles. The van der Waals surface area contributed by atoms with Crippen LogP contribution < -0.4 is 0 Å². The summed E-state index contributed by atoms with van der Waals surface area (Å²) in [6, 6.07) is 8.11. The fourth-order valence-corrected chi connectivity index (χ4v) is 4.33. The smallest absolute Gasteiger partial charge is 0.319 e. The van der Waals surface area contributed by atoms with Gasteiger partial charge in [-0.15, -0.1) is 23.1 Å². The summed E-state index contributed by atoms with van der Waals surface area (Å²) in [6.07, 6.45) is 1.92. The van der Waals surface area contributed by atoms with Crippen molar-refractivity contribution in [3.63, 3.8) is 0 Å². The minimum absolute atomic E-state index is 0.0428. The fraction of sp³-hybridized carbons (Fsp3) is 0.368. The number of thioether (sulfide) groups is 1. The molecule has 6 heteroatoms. The number of aliphatic carboxylic acids is 1. The van der Waals surface area contributed by atoms with Crippen LogP contribution in [0.4, 0.5) is 0 Å². The minimum atomic E-state index is -0.855. The molecule has 0 aliphatic heterocycles. The minimum Gasteiger partial charge on any atom is -0.480 e. The van der Waals surface area contributed by atoms with Gasteiger partial charge in [0.05, 0.1) is 15.6 Å². The summed E-state index contributed by atoms with van der Waals surface area (Å²) in [5.74, 6) is -0.813. The standard InChI is InChI=1S/C19H22N2O2S2/c1-18(2,3)16-20-10-15(24-16)14-9-11-8-12(6-7-13(11)21-14)25-19(4,5)17(22)23/h6-10,21H,1-5H3,(H,22,23). The molecule has 2 N–H and O–H groups in total. The lowest BCUT2D eigenvalue weighted by atomic mass is 9.98. The molecule has 0 unspecified atom stereocenters. The zero-order valence-corrected chi connectivity index (χ0v) is 16.6. The van der Waals surface area contributed by atoms with E-state index in [1.807, 2.05) is 24.4 Å². The number of benzene rings is 1. The first-order valence-electron chi connectivity index (χ1n) is 8.08. The van der Waals surface area contributed by atoms with Gasteiger partial charge in [0, 0.05) is 27.4 Å². The average Bonchev–Trinajstić information content (AvgIpc) is 3.12. The lowest BCUT2D eigenvalue weighted by Crippen LogP contribution is -2.26. The Morgan fingerprint density at radius 3 is 2.52 bits per heavy atom. The summed E-state index contributed by atoms with van der Waals surface area (Å²) in [5, 5.41) is 11.5. The van der Waals surface area contributed by atoms with Crippen molar-refractivity contribution in [2.75, 3.05) is 0 Å². The Labute approximate surface area is 155 Å². The van der Waals surface area contributed by atoms with Gasteiger partial charge in [0.15, 0.2) is 0 Å². The van der Waals surface area contributed by atoms with Crippen LogP contribution in [0.2, 0.25) is 0 Å². The number of thiazole rings is 1. The molecule has 2 aromatic heterocycles. The molecule has 0 radical (unpaired) electrons. The lowest BCUT2D eigenvalue weighted by molar-refractivity contribution is -0.138. The van der Waals surface area contributed by atoms with Gasteiger partial charge in [-0.1, -0.05) is 20.8 Å². The highest BCUT2D eigenvalue weighted by Gasteiger charge is 2.28. The van der Waals surface area contributed by atoms with Crippen molar-refractivity contribution in [1.29, 1.82) is 0 Å². The SMILES string of the molecule is CC(C)(Sc1ccc2[nH]c(-c3cnc(C(C)(C)C)s3)cc2c1)C(=O)O. The van der Waals surface area contributed by atoms with Crippen LogP contribution >= 0.6 is 23.1 Å². The van der Waals surface area contributed by atoms with Gasteiger partial charge >= 0.3 is 5.97 Å². The second-order valence-electron chi connectivity index (χ2n) is 7.63. The monoisotopic (exact) mass is 374 g/mol. The van der Waals surface area contributed by atoms with E-state index < -0.39 is 10.7 Å². The maximum atomic E-state index is 11.3. The van der Waals surface area contributed by atoms with Crippen LogP contribution in [0.3, 0.4) is 0 Å². The molecule has 0 atom stereocenters. The zero-order valence-electron chi connectivity index (χ0n) is 15.0. The summed E-state index contributed by atoms with van der Waals surface area (Å²) in [6.45, 7) is 9.92. The number of hydrogen-bond donors (Lipinski definition) is 2. The molecular weight excluding hydrogens is 352 g/mol. The highest BCUT2D eigenvalue weighted by Crippen LogP contribution is 2.37. The number of carboxylic acid groups (broad SMARTS) is 1. The molecule has 4 nitrogen and oxygen atoms in total. The molecule has 0 saturated heterocycles. The van der Waals surface area contributed by atoms with Crippen LogP contribution in [-0.4, -0.2) is 25.8 Å². The molecule has 0 bridgehead atoms. The molecule has 2 heterocycles. The van der Waals surface area contributed by atoms with Gasteiger partial charge in [0.2, 0.25) is 0 Å². The Kier molecular flexibility index (Phi) is 4.45. The zero-order chi connectivity index (χ0) is 18.4. The van der Waals surface area contributed by atoms with Crippen LogP contribution in [0.1, 0.15) is 39.6 Å². The first kappa shape index (κ1) is 18.0.